The van der Waals surface area contributed by atoms with Gasteiger partial charge in [-0.1, -0.05) is 237 Å². The van der Waals surface area contributed by atoms with Crippen molar-refractivity contribution in [3.63, 3.8) is 0 Å². The third-order valence-electron chi connectivity index (χ3n) is 19.2. The van der Waals surface area contributed by atoms with E-state index in [2.05, 4.69) is 164 Å². The SMILES string of the molecule is C1=CC2c3ccc(-c4cc(-c5ccccc5)nc(-c5ccc(-c6cccc(-c7cc(-c8ccc9c(c8)oc8cccc(-c%10nc(-c%11ccccc%11)c%11oc%12ccccc%12c%11n%10)c89)nc(-c8ccccc8)n7)c6)cc5)n4)cc3OC2C(c2nc(-c3ccccc3)c3oc4ccccc4c3n2)=C1. The number of ether oxygens (including phenoxy) is 1. The van der Waals surface area contributed by atoms with E-state index >= 15 is 0 Å². The molecule has 0 spiro atoms. The van der Waals surface area contributed by atoms with Crippen molar-refractivity contribution in [2.24, 2.45) is 0 Å². The fourth-order valence-corrected chi connectivity index (χ4v) is 14.3. The molecule has 0 saturated heterocycles. The number of allylic oxidation sites excluding steroid dienone is 2. The highest BCUT2D eigenvalue weighted by atomic mass is 16.5. The molecule has 18 aromatic rings. The van der Waals surface area contributed by atoms with Crippen LogP contribution in [0.3, 0.4) is 0 Å². The Hall–Kier alpha value is -13.6. The van der Waals surface area contributed by atoms with E-state index in [-0.39, 0.29) is 12.0 Å². The molecular weight excluding hydrogens is 1230 g/mol. The fourth-order valence-electron chi connectivity index (χ4n) is 14.3. The number of hydrogen-bond acceptors (Lipinski definition) is 12. The first kappa shape index (κ1) is 56.7. The van der Waals surface area contributed by atoms with E-state index in [0.717, 1.165) is 162 Å². The van der Waals surface area contributed by atoms with Gasteiger partial charge in [-0.05, 0) is 77.9 Å². The predicted octanol–water partition coefficient (Wildman–Crippen LogP) is 21.7. The number of aromatic nitrogens is 8. The van der Waals surface area contributed by atoms with Crippen molar-refractivity contribution in [2.45, 2.75) is 12.0 Å². The van der Waals surface area contributed by atoms with Crippen LogP contribution in [0.2, 0.25) is 0 Å². The zero-order chi connectivity index (χ0) is 65.8. The monoisotopic (exact) mass is 1280 g/mol. The second-order valence-electron chi connectivity index (χ2n) is 25.2. The molecule has 0 saturated carbocycles. The van der Waals surface area contributed by atoms with Gasteiger partial charge in [-0.25, -0.2) is 39.9 Å². The molecule has 8 heterocycles. The average molecular weight is 1290 g/mol. The van der Waals surface area contributed by atoms with Gasteiger partial charge in [0.1, 0.15) is 56.6 Å². The number of hydrogen-bond donors (Lipinski definition) is 0. The van der Waals surface area contributed by atoms with E-state index in [0.29, 0.717) is 40.0 Å². The number of para-hydroxylation sites is 2. The van der Waals surface area contributed by atoms with Gasteiger partial charge in [0, 0.05) is 88.7 Å². The van der Waals surface area contributed by atoms with Crippen molar-refractivity contribution in [1.82, 2.24) is 39.9 Å². The Morgan fingerprint density at radius 1 is 0.290 bits per heavy atom. The van der Waals surface area contributed by atoms with Crippen molar-refractivity contribution >= 4 is 71.6 Å². The van der Waals surface area contributed by atoms with Crippen molar-refractivity contribution in [3.05, 3.63) is 315 Å². The summed E-state index contributed by atoms with van der Waals surface area (Å²) in [7, 11) is 0. The first-order valence-corrected chi connectivity index (χ1v) is 33.3. The second kappa shape index (κ2) is 23.1. The quantitative estimate of drug-likeness (QED) is 0.121. The maximum absolute atomic E-state index is 7.02. The number of benzene rings is 11. The molecule has 2 aliphatic rings. The number of rotatable bonds is 11. The summed E-state index contributed by atoms with van der Waals surface area (Å²) < 4.78 is 26.7. The van der Waals surface area contributed by atoms with Crippen molar-refractivity contribution < 1.29 is 18.0 Å². The maximum Gasteiger partial charge on any atom is 0.180 e. The lowest BCUT2D eigenvalue weighted by Crippen LogP contribution is -2.22. The molecule has 2 atom stereocenters. The van der Waals surface area contributed by atoms with Crippen LogP contribution in [0, 0.1) is 0 Å². The smallest absolute Gasteiger partial charge is 0.180 e. The van der Waals surface area contributed by atoms with Crippen LogP contribution in [0.1, 0.15) is 17.3 Å². The summed E-state index contributed by atoms with van der Waals surface area (Å²) in [5.41, 5.74) is 22.6. The van der Waals surface area contributed by atoms with E-state index in [4.69, 9.17) is 57.9 Å². The molecule has 468 valence electrons. The van der Waals surface area contributed by atoms with Gasteiger partial charge < -0.3 is 18.0 Å². The minimum absolute atomic E-state index is 0.0541. The van der Waals surface area contributed by atoms with Crippen LogP contribution >= 0.6 is 0 Å². The van der Waals surface area contributed by atoms with Gasteiger partial charge in [-0.15, -0.1) is 0 Å². The van der Waals surface area contributed by atoms with Gasteiger partial charge in [0.25, 0.3) is 0 Å². The molecule has 2 unspecified atom stereocenters. The van der Waals surface area contributed by atoms with Crippen LogP contribution in [0.5, 0.6) is 5.75 Å². The van der Waals surface area contributed by atoms with Crippen LogP contribution < -0.4 is 4.74 Å². The maximum atomic E-state index is 7.02. The molecule has 0 bridgehead atoms. The highest BCUT2D eigenvalue weighted by Gasteiger charge is 2.39. The van der Waals surface area contributed by atoms with Crippen molar-refractivity contribution in [2.75, 3.05) is 0 Å². The van der Waals surface area contributed by atoms with Gasteiger partial charge in [-0.3, -0.25) is 0 Å². The Labute approximate surface area is 571 Å². The van der Waals surface area contributed by atoms with E-state index in [1.807, 2.05) is 140 Å². The lowest BCUT2D eigenvalue weighted by atomic mass is 9.86. The molecule has 100 heavy (non-hydrogen) atoms. The minimum atomic E-state index is -0.355. The summed E-state index contributed by atoms with van der Waals surface area (Å²) in [5.74, 6) is 3.12. The zero-order valence-electron chi connectivity index (χ0n) is 53.2. The topological polar surface area (TPSA) is 152 Å². The summed E-state index contributed by atoms with van der Waals surface area (Å²) in [6.07, 6.45) is 6.03. The third kappa shape index (κ3) is 9.67. The molecule has 1 aliphatic heterocycles. The molecule has 12 heteroatoms. The summed E-state index contributed by atoms with van der Waals surface area (Å²) in [5, 5.41) is 3.72. The predicted molar refractivity (Wildman–Crippen MR) is 396 cm³/mol. The molecule has 11 aromatic carbocycles. The van der Waals surface area contributed by atoms with Crippen LogP contribution in [-0.2, 0) is 0 Å². The Kier molecular flexibility index (Phi) is 13.1. The summed E-state index contributed by atoms with van der Waals surface area (Å²) >= 11 is 0. The fraction of sp³-hybridized carbons (Fsp3) is 0.0227. The lowest BCUT2D eigenvalue weighted by Gasteiger charge is -2.22. The summed E-state index contributed by atoms with van der Waals surface area (Å²) in [6, 6.07) is 96.5. The highest BCUT2D eigenvalue weighted by molar-refractivity contribution is 6.14. The van der Waals surface area contributed by atoms with E-state index in [9.17, 15) is 0 Å². The van der Waals surface area contributed by atoms with Crippen LogP contribution in [0.4, 0.5) is 0 Å². The standard InChI is InChI=1S/C88H52N8O4/c1-5-20-52(21-6-1)68-49-70(59-42-44-61-62-32-18-34-67(82(62)100-75(61)47-59)88-94-79(54-24-9-3-10-25-54)84-81(96-88)65-31-14-16-36-73(65)99-84)92-86(89-68)56-40-38-51(39-41-56)57-28-17-29-58(46-57)69-50-71(91-85(90-69)55-26-11-4-12-27-55)60-43-45-63-76(48-60)97-74-37-19-33-66(77(63)74)87-93-78(53-22-7-2-8-23-53)83-80(95-87)64-30-13-15-35-72(64)98-83/h1-50,62,82H. The van der Waals surface area contributed by atoms with Crippen LogP contribution in [0.25, 0.3) is 184 Å². The Morgan fingerprint density at radius 3 is 1.42 bits per heavy atom. The number of fused-ring (bicyclic) bond motifs is 12. The molecule has 0 fully saturated rings. The van der Waals surface area contributed by atoms with E-state index < -0.39 is 0 Å². The second-order valence-corrected chi connectivity index (χ2v) is 25.2. The largest absolute Gasteiger partial charge is 0.484 e. The Morgan fingerprint density at radius 2 is 0.770 bits per heavy atom. The van der Waals surface area contributed by atoms with Crippen molar-refractivity contribution in [3.8, 4) is 119 Å². The molecule has 12 nitrogen and oxygen atoms in total. The van der Waals surface area contributed by atoms with Gasteiger partial charge in [0.05, 0.1) is 22.8 Å². The minimum Gasteiger partial charge on any atom is -0.484 e. The molecule has 1 aliphatic carbocycles. The normalized spacial score (nSPS) is 14.1. The third-order valence-corrected chi connectivity index (χ3v) is 19.2. The van der Waals surface area contributed by atoms with E-state index in [1.165, 1.54) is 0 Å². The first-order valence-electron chi connectivity index (χ1n) is 33.3. The lowest BCUT2D eigenvalue weighted by molar-refractivity contribution is 0.277. The van der Waals surface area contributed by atoms with Crippen LogP contribution in [0.15, 0.2) is 317 Å². The van der Waals surface area contributed by atoms with Gasteiger partial charge in [-0.2, -0.15) is 0 Å². The molecule has 20 rings (SSSR count). The highest BCUT2D eigenvalue weighted by Crippen LogP contribution is 2.49. The Bertz CT molecular complexity index is 6390. The van der Waals surface area contributed by atoms with Crippen molar-refractivity contribution in [1.29, 1.82) is 0 Å². The molecular formula is C88H52N8O4. The number of furan rings is 3. The number of nitrogens with zero attached hydrogens (tertiary/aromatic N) is 8. The summed E-state index contributed by atoms with van der Waals surface area (Å²) in [4.78, 5) is 42.0. The molecule has 7 aromatic heterocycles. The first-order chi connectivity index (χ1) is 49.5. The molecule has 0 amide bonds. The average Bonchev–Trinajstić information content (AvgIpc) is 1.58. The van der Waals surface area contributed by atoms with Crippen LogP contribution in [-0.4, -0.2) is 46.0 Å². The van der Waals surface area contributed by atoms with E-state index in [1.54, 1.807) is 0 Å². The zero-order valence-corrected chi connectivity index (χ0v) is 53.2. The molecule has 0 N–H and O–H groups in total. The van der Waals surface area contributed by atoms with Gasteiger partial charge >= 0.3 is 0 Å². The van der Waals surface area contributed by atoms with Gasteiger partial charge in [0.15, 0.2) is 34.5 Å². The molecule has 0 radical (unpaired) electrons. The summed E-state index contributed by atoms with van der Waals surface area (Å²) in [6.45, 7) is 0. The van der Waals surface area contributed by atoms with Gasteiger partial charge in [0.2, 0.25) is 0 Å². The Balaban J connectivity index is 0.618.